The van der Waals surface area contributed by atoms with Crippen LogP contribution in [0.1, 0.15) is 30.4 Å². The molecule has 2 N–H and O–H groups in total. The molecule has 86 valence electrons. The molecule has 0 aromatic heterocycles. The summed E-state index contributed by atoms with van der Waals surface area (Å²) in [4.78, 5) is 0. The van der Waals surface area contributed by atoms with E-state index in [1.165, 1.54) is 5.56 Å². The Morgan fingerprint density at radius 3 is 2.94 bits per heavy atom. The molecule has 0 saturated carbocycles. The molecule has 2 nitrogen and oxygen atoms in total. The molecule has 0 aliphatic rings. The van der Waals surface area contributed by atoms with E-state index < -0.39 is 0 Å². The molecular formula is C14H19NO. The normalized spacial score (nSPS) is 11.7. The summed E-state index contributed by atoms with van der Waals surface area (Å²) < 4.78 is 4.89. The Morgan fingerprint density at radius 2 is 2.25 bits per heavy atom. The molecule has 0 heterocycles. The van der Waals surface area contributed by atoms with E-state index >= 15 is 0 Å². The van der Waals surface area contributed by atoms with Crippen molar-refractivity contribution in [1.82, 2.24) is 0 Å². The quantitative estimate of drug-likeness (QED) is 0.784. The summed E-state index contributed by atoms with van der Waals surface area (Å²) in [7, 11) is 1.65. The van der Waals surface area contributed by atoms with E-state index in [9.17, 15) is 0 Å². The molecule has 0 fully saturated rings. The number of hydrogen-bond donors (Lipinski definition) is 1. The maximum atomic E-state index is 5.56. The first-order chi connectivity index (χ1) is 7.77. The fraction of sp³-hybridized carbons (Fsp3) is 0.429. The zero-order chi connectivity index (χ0) is 11.8. The highest BCUT2D eigenvalue weighted by Crippen LogP contribution is 2.18. The van der Waals surface area contributed by atoms with Gasteiger partial charge in [0.15, 0.2) is 0 Å². The molecule has 0 bridgehead atoms. The number of benzene rings is 1. The average molecular weight is 217 g/mol. The van der Waals surface area contributed by atoms with Gasteiger partial charge in [0.05, 0.1) is 0 Å². The third kappa shape index (κ3) is 4.06. The van der Waals surface area contributed by atoms with E-state index in [-0.39, 0.29) is 0 Å². The summed E-state index contributed by atoms with van der Waals surface area (Å²) >= 11 is 0. The predicted octanol–water partition coefficient (Wildman–Crippen LogP) is 2.14. The number of rotatable bonds is 4. The minimum atomic E-state index is 0.475. The molecule has 1 atom stereocenters. The first-order valence-corrected chi connectivity index (χ1v) is 5.55. The van der Waals surface area contributed by atoms with Gasteiger partial charge in [-0.25, -0.2) is 0 Å². The van der Waals surface area contributed by atoms with Crippen molar-refractivity contribution in [2.75, 3.05) is 20.3 Å². The summed E-state index contributed by atoms with van der Waals surface area (Å²) in [6, 6.07) is 8.31. The third-order valence-electron chi connectivity index (χ3n) is 2.50. The number of hydrogen-bond acceptors (Lipinski definition) is 2. The maximum absolute atomic E-state index is 5.56. The smallest absolute Gasteiger partial charge is 0.107 e. The van der Waals surface area contributed by atoms with Gasteiger partial charge in [-0.1, -0.05) is 30.9 Å². The standard InChI is InChI=1S/C14H19NO/c1-12(8-9-15)14-7-3-5-13(11-14)6-4-10-16-2/h3,5,7,11-12H,8-10,15H2,1-2H3. The lowest BCUT2D eigenvalue weighted by atomic mass is 9.96. The molecular weight excluding hydrogens is 198 g/mol. The molecule has 1 rings (SSSR count). The van der Waals surface area contributed by atoms with E-state index in [1.54, 1.807) is 7.11 Å². The first-order valence-electron chi connectivity index (χ1n) is 5.55. The van der Waals surface area contributed by atoms with Crippen LogP contribution in [-0.4, -0.2) is 20.3 Å². The van der Waals surface area contributed by atoms with Gasteiger partial charge in [-0.05, 0) is 36.6 Å². The minimum Gasteiger partial charge on any atom is -0.372 e. The average Bonchev–Trinajstić information content (AvgIpc) is 2.30. The van der Waals surface area contributed by atoms with Crippen molar-refractivity contribution in [2.24, 2.45) is 5.73 Å². The second-order valence-corrected chi connectivity index (χ2v) is 3.84. The molecule has 1 aromatic rings. The van der Waals surface area contributed by atoms with Gasteiger partial charge in [-0.3, -0.25) is 0 Å². The first kappa shape index (κ1) is 12.8. The molecule has 1 aromatic carbocycles. The zero-order valence-corrected chi connectivity index (χ0v) is 9.99. The topological polar surface area (TPSA) is 35.2 Å². The summed E-state index contributed by atoms with van der Waals surface area (Å²) in [6.45, 7) is 3.39. The van der Waals surface area contributed by atoms with Gasteiger partial charge >= 0.3 is 0 Å². The van der Waals surface area contributed by atoms with Crippen LogP contribution < -0.4 is 5.73 Å². The molecule has 0 radical (unpaired) electrons. The van der Waals surface area contributed by atoms with Crippen molar-refractivity contribution in [3.05, 3.63) is 35.4 Å². The van der Waals surface area contributed by atoms with E-state index in [1.807, 2.05) is 12.1 Å². The van der Waals surface area contributed by atoms with E-state index in [4.69, 9.17) is 10.5 Å². The van der Waals surface area contributed by atoms with Crippen molar-refractivity contribution >= 4 is 0 Å². The third-order valence-corrected chi connectivity index (χ3v) is 2.50. The molecule has 0 amide bonds. The van der Waals surface area contributed by atoms with Crippen LogP contribution in [0.15, 0.2) is 24.3 Å². The lowest BCUT2D eigenvalue weighted by Gasteiger charge is -2.10. The summed E-state index contributed by atoms with van der Waals surface area (Å²) in [5.74, 6) is 6.52. The van der Waals surface area contributed by atoms with Gasteiger partial charge in [0, 0.05) is 12.7 Å². The monoisotopic (exact) mass is 217 g/mol. The molecule has 2 heteroatoms. The zero-order valence-electron chi connectivity index (χ0n) is 9.99. The van der Waals surface area contributed by atoms with Gasteiger partial charge in [0.25, 0.3) is 0 Å². The predicted molar refractivity (Wildman–Crippen MR) is 67.3 cm³/mol. The Bertz CT molecular complexity index is 376. The van der Waals surface area contributed by atoms with Gasteiger partial charge in [-0.15, -0.1) is 0 Å². The summed E-state index contributed by atoms with van der Waals surface area (Å²) in [5, 5.41) is 0. The van der Waals surface area contributed by atoms with Crippen molar-refractivity contribution < 1.29 is 4.74 Å². The van der Waals surface area contributed by atoms with Gasteiger partial charge in [-0.2, -0.15) is 0 Å². The number of methoxy groups -OCH3 is 1. The van der Waals surface area contributed by atoms with Crippen LogP contribution in [0.3, 0.4) is 0 Å². The Balaban J connectivity index is 2.75. The molecule has 0 aliphatic carbocycles. The van der Waals surface area contributed by atoms with Crippen LogP contribution in [0.25, 0.3) is 0 Å². The van der Waals surface area contributed by atoms with E-state index in [0.29, 0.717) is 12.5 Å². The number of ether oxygens (including phenoxy) is 1. The summed E-state index contributed by atoms with van der Waals surface area (Å²) in [6.07, 6.45) is 1.01. The van der Waals surface area contributed by atoms with Gasteiger partial charge in [0.1, 0.15) is 6.61 Å². The Kier molecular flexibility index (Phi) is 5.63. The van der Waals surface area contributed by atoms with Crippen molar-refractivity contribution in [1.29, 1.82) is 0 Å². The van der Waals surface area contributed by atoms with Crippen molar-refractivity contribution in [3.8, 4) is 11.8 Å². The Hall–Kier alpha value is -1.30. The van der Waals surface area contributed by atoms with Crippen LogP contribution >= 0.6 is 0 Å². The van der Waals surface area contributed by atoms with E-state index in [2.05, 4.69) is 30.9 Å². The van der Waals surface area contributed by atoms with Crippen molar-refractivity contribution in [2.45, 2.75) is 19.3 Å². The van der Waals surface area contributed by atoms with Gasteiger partial charge < -0.3 is 10.5 Å². The number of nitrogens with two attached hydrogens (primary N) is 1. The van der Waals surface area contributed by atoms with Crippen molar-refractivity contribution in [3.63, 3.8) is 0 Å². The lowest BCUT2D eigenvalue weighted by molar-refractivity contribution is 0.240. The fourth-order valence-corrected chi connectivity index (χ4v) is 1.55. The van der Waals surface area contributed by atoms with E-state index in [0.717, 1.165) is 18.5 Å². The SMILES string of the molecule is COCC#Cc1cccc(C(C)CCN)c1. The fourth-order valence-electron chi connectivity index (χ4n) is 1.55. The van der Waals surface area contributed by atoms with Crippen LogP contribution in [0.5, 0.6) is 0 Å². The molecule has 0 saturated heterocycles. The highest BCUT2D eigenvalue weighted by Gasteiger charge is 2.03. The highest BCUT2D eigenvalue weighted by molar-refractivity contribution is 5.38. The Morgan fingerprint density at radius 1 is 1.44 bits per heavy atom. The molecule has 0 aliphatic heterocycles. The minimum absolute atomic E-state index is 0.475. The second kappa shape index (κ2) is 7.05. The second-order valence-electron chi connectivity index (χ2n) is 3.84. The highest BCUT2D eigenvalue weighted by atomic mass is 16.5. The van der Waals surface area contributed by atoms with Gasteiger partial charge in [0.2, 0.25) is 0 Å². The van der Waals surface area contributed by atoms with Crippen LogP contribution in [0.4, 0.5) is 0 Å². The lowest BCUT2D eigenvalue weighted by Crippen LogP contribution is -2.04. The van der Waals surface area contributed by atoms with Crippen LogP contribution in [-0.2, 0) is 4.74 Å². The Labute approximate surface area is 97.8 Å². The molecule has 0 spiro atoms. The molecule has 16 heavy (non-hydrogen) atoms. The summed E-state index contributed by atoms with van der Waals surface area (Å²) in [5.41, 5.74) is 7.90. The largest absolute Gasteiger partial charge is 0.372 e. The van der Waals surface area contributed by atoms with Crippen LogP contribution in [0.2, 0.25) is 0 Å². The maximum Gasteiger partial charge on any atom is 0.107 e. The van der Waals surface area contributed by atoms with Crippen LogP contribution in [0, 0.1) is 11.8 Å². The molecule has 1 unspecified atom stereocenters.